The van der Waals surface area contributed by atoms with E-state index in [1.165, 1.54) is 24.5 Å². The van der Waals surface area contributed by atoms with Gasteiger partial charge in [0, 0.05) is 23.6 Å². The Balaban J connectivity index is 1.66. The van der Waals surface area contributed by atoms with Crippen LogP contribution in [0.4, 0.5) is 23.7 Å². The molecule has 2 aromatic carbocycles. The van der Waals surface area contributed by atoms with Crippen LogP contribution in [0, 0.1) is 0 Å². The van der Waals surface area contributed by atoms with Gasteiger partial charge in [-0.2, -0.15) is 13.2 Å². The van der Waals surface area contributed by atoms with Crippen molar-refractivity contribution in [3.8, 4) is 0 Å². The van der Waals surface area contributed by atoms with Gasteiger partial charge in [0.25, 0.3) is 5.91 Å². The predicted octanol–water partition coefficient (Wildman–Crippen LogP) is 3.61. The number of nitrogens with zero attached hydrogens (tertiary/aromatic N) is 2. The molecule has 0 fully saturated rings. The van der Waals surface area contributed by atoms with E-state index in [1.807, 2.05) is 0 Å². The van der Waals surface area contributed by atoms with Crippen LogP contribution in [0.25, 0.3) is 11.0 Å². The van der Waals surface area contributed by atoms with Crippen molar-refractivity contribution in [1.29, 1.82) is 0 Å². The SMILES string of the molecule is O=C(NC(=O)c1ccc2nccnc2c1)Nc1ccc(C(F)(F)F)cc1. The number of alkyl halides is 3. The summed E-state index contributed by atoms with van der Waals surface area (Å²) >= 11 is 0. The first-order valence-electron chi connectivity index (χ1n) is 7.33. The zero-order valence-corrected chi connectivity index (χ0v) is 13.0. The lowest BCUT2D eigenvalue weighted by Gasteiger charge is -2.09. The van der Waals surface area contributed by atoms with Gasteiger partial charge in [0.2, 0.25) is 0 Å². The summed E-state index contributed by atoms with van der Waals surface area (Å²) in [6, 6.07) is 7.54. The van der Waals surface area contributed by atoms with Gasteiger partial charge in [0.05, 0.1) is 16.6 Å². The monoisotopic (exact) mass is 360 g/mol. The van der Waals surface area contributed by atoms with Crippen molar-refractivity contribution in [3.63, 3.8) is 0 Å². The smallest absolute Gasteiger partial charge is 0.308 e. The molecule has 3 amide bonds. The molecule has 0 atom stereocenters. The molecular weight excluding hydrogens is 349 g/mol. The highest BCUT2D eigenvalue weighted by atomic mass is 19.4. The van der Waals surface area contributed by atoms with Crippen LogP contribution in [0.2, 0.25) is 0 Å². The topological polar surface area (TPSA) is 84.0 Å². The van der Waals surface area contributed by atoms with E-state index in [4.69, 9.17) is 0 Å². The van der Waals surface area contributed by atoms with Crippen molar-refractivity contribution in [1.82, 2.24) is 15.3 Å². The minimum absolute atomic E-state index is 0.118. The number of aromatic nitrogens is 2. The molecule has 0 radical (unpaired) electrons. The van der Waals surface area contributed by atoms with Gasteiger partial charge < -0.3 is 5.32 Å². The number of urea groups is 1. The lowest BCUT2D eigenvalue weighted by molar-refractivity contribution is -0.137. The molecule has 3 rings (SSSR count). The molecular formula is C17H11F3N4O2. The standard InChI is InChI=1S/C17H11F3N4O2/c18-17(19,20)11-2-4-12(5-3-11)23-16(26)24-15(25)10-1-6-13-14(9-10)22-8-7-21-13/h1-9H,(H2,23,24,25,26). The van der Waals surface area contributed by atoms with Crippen LogP contribution in [0.3, 0.4) is 0 Å². The fourth-order valence-corrected chi connectivity index (χ4v) is 2.18. The van der Waals surface area contributed by atoms with Crippen molar-refractivity contribution >= 4 is 28.7 Å². The minimum atomic E-state index is -4.46. The van der Waals surface area contributed by atoms with Crippen LogP contribution < -0.4 is 10.6 Å². The van der Waals surface area contributed by atoms with Gasteiger partial charge in [0.15, 0.2) is 0 Å². The normalized spacial score (nSPS) is 11.2. The number of fused-ring (bicyclic) bond motifs is 1. The largest absolute Gasteiger partial charge is 0.416 e. The number of hydrogen-bond donors (Lipinski definition) is 2. The number of nitrogens with one attached hydrogen (secondary N) is 2. The van der Waals surface area contributed by atoms with Gasteiger partial charge in [-0.05, 0) is 42.5 Å². The van der Waals surface area contributed by atoms with Crippen LogP contribution >= 0.6 is 0 Å². The summed E-state index contributed by atoms with van der Waals surface area (Å²) in [7, 11) is 0. The Morgan fingerprint density at radius 2 is 1.54 bits per heavy atom. The molecule has 0 aliphatic carbocycles. The summed E-state index contributed by atoms with van der Waals surface area (Å²) in [5, 5.41) is 4.39. The number of carbonyl (C=O) groups excluding carboxylic acids is 2. The molecule has 2 N–H and O–H groups in total. The van der Waals surface area contributed by atoms with E-state index < -0.39 is 23.7 Å². The third-order valence-electron chi connectivity index (χ3n) is 3.43. The van der Waals surface area contributed by atoms with Gasteiger partial charge in [-0.25, -0.2) is 4.79 Å². The molecule has 0 saturated heterocycles. The van der Waals surface area contributed by atoms with Crippen LogP contribution in [0.5, 0.6) is 0 Å². The van der Waals surface area contributed by atoms with E-state index in [0.29, 0.717) is 11.0 Å². The fourth-order valence-electron chi connectivity index (χ4n) is 2.18. The molecule has 132 valence electrons. The highest BCUT2D eigenvalue weighted by Crippen LogP contribution is 2.29. The maximum absolute atomic E-state index is 12.5. The van der Waals surface area contributed by atoms with Crippen molar-refractivity contribution in [2.45, 2.75) is 6.18 Å². The molecule has 0 bridgehead atoms. The molecule has 3 aromatic rings. The number of amides is 3. The molecule has 0 aliphatic heterocycles. The molecule has 0 saturated carbocycles. The number of imide groups is 1. The summed E-state index contributed by atoms with van der Waals surface area (Å²) in [6.45, 7) is 0. The Morgan fingerprint density at radius 1 is 0.885 bits per heavy atom. The predicted molar refractivity (Wildman–Crippen MR) is 87.5 cm³/mol. The molecule has 1 aromatic heterocycles. The summed E-state index contributed by atoms with van der Waals surface area (Å²) in [5.41, 5.74) is 0.562. The van der Waals surface area contributed by atoms with Gasteiger partial charge >= 0.3 is 12.2 Å². The summed E-state index contributed by atoms with van der Waals surface area (Å²) in [4.78, 5) is 32.1. The Labute approximate surface area is 145 Å². The quantitative estimate of drug-likeness (QED) is 0.731. The van der Waals surface area contributed by atoms with Crippen molar-refractivity contribution < 1.29 is 22.8 Å². The first-order valence-corrected chi connectivity index (χ1v) is 7.33. The third-order valence-corrected chi connectivity index (χ3v) is 3.43. The second-order valence-corrected chi connectivity index (χ2v) is 5.24. The number of benzene rings is 2. The van der Waals surface area contributed by atoms with E-state index in [-0.39, 0.29) is 11.3 Å². The first-order chi connectivity index (χ1) is 12.3. The summed E-state index contributed by atoms with van der Waals surface area (Å²) < 4.78 is 37.5. The molecule has 0 unspecified atom stereocenters. The van der Waals surface area contributed by atoms with Crippen LogP contribution in [-0.4, -0.2) is 21.9 Å². The van der Waals surface area contributed by atoms with E-state index in [2.05, 4.69) is 20.6 Å². The van der Waals surface area contributed by atoms with Crippen molar-refractivity contribution in [2.75, 3.05) is 5.32 Å². The fraction of sp³-hybridized carbons (Fsp3) is 0.0588. The molecule has 0 spiro atoms. The Bertz CT molecular complexity index is 972. The van der Waals surface area contributed by atoms with E-state index in [9.17, 15) is 22.8 Å². The zero-order chi connectivity index (χ0) is 18.7. The van der Waals surface area contributed by atoms with Crippen LogP contribution in [-0.2, 0) is 6.18 Å². The zero-order valence-electron chi connectivity index (χ0n) is 13.0. The average Bonchev–Trinajstić information content (AvgIpc) is 2.61. The first kappa shape index (κ1) is 17.3. The van der Waals surface area contributed by atoms with Gasteiger partial charge in [0.1, 0.15) is 0 Å². The number of hydrogen-bond acceptors (Lipinski definition) is 4. The second-order valence-electron chi connectivity index (χ2n) is 5.24. The minimum Gasteiger partial charge on any atom is -0.308 e. The molecule has 0 aliphatic rings. The van der Waals surface area contributed by atoms with Crippen molar-refractivity contribution in [2.24, 2.45) is 0 Å². The van der Waals surface area contributed by atoms with E-state index in [0.717, 1.165) is 24.3 Å². The maximum Gasteiger partial charge on any atom is 0.416 e. The summed E-state index contributed by atoms with van der Waals surface area (Å²) in [6.07, 6.45) is -1.48. The average molecular weight is 360 g/mol. The van der Waals surface area contributed by atoms with Gasteiger partial charge in [-0.3, -0.25) is 20.1 Å². The van der Waals surface area contributed by atoms with Crippen molar-refractivity contribution in [3.05, 3.63) is 66.0 Å². The lowest BCUT2D eigenvalue weighted by atomic mass is 10.2. The number of anilines is 1. The second kappa shape index (κ2) is 6.79. The highest BCUT2D eigenvalue weighted by Gasteiger charge is 2.30. The Morgan fingerprint density at radius 3 is 2.19 bits per heavy atom. The van der Waals surface area contributed by atoms with Crippen LogP contribution in [0.15, 0.2) is 54.9 Å². The molecule has 6 nitrogen and oxygen atoms in total. The maximum atomic E-state index is 12.5. The number of halogens is 3. The molecule has 26 heavy (non-hydrogen) atoms. The highest BCUT2D eigenvalue weighted by molar-refractivity contribution is 6.08. The van der Waals surface area contributed by atoms with E-state index in [1.54, 1.807) is 6.07 Å². The third kappa shape index (κ3) is 3.94. The number of rotatable bonds is 2. The molecule has 9 heteroatoms. The Hall–Kier alpha value is -3.49. The van der Waals surface area contributed by atoms with Gasteiger partial charge in [-0.1, -0.05) is 0 Å². The van der Waals surface area contributed by atoms with Gasteiger partial charge in [-0.15, -0.1) is 0 Å². The summed E-state index contributed by atoms with van der Waals surface area (Å²) in [5.74, 6) is -0.679. The molecule has 1 heterocycles. The lowest BCUT2D eigenvalue weighted by Crippen LogP contribution is -2.34. The van der Waals surface area contributed by atoms with E-state index >= 15 is 0 Å². The Kier molecular flexibility index (Phi) is 4.53. The number of carbonyl (C=O) groups is 2. The van der Waals surface area contributed by atoms with Crippen LogP contribution in [0.1, 0.15) is 15.9 Å².